The predicted octanol–water partition coefficient (Wildman–Crippen LogP) is 3.74. The SMILES string of the molecule is NCCc1ccc(Oc2ccc(Br)cc2)cc1. The fourth-order valence-electron chi connectivity index (χ4n) is 1.53. The molecule has 0 aliphatic rings. The van der Waals surface area contributed by atoms with Gasteiger partial charge in [-0.15, -0.1) is 0 Å². The third-order valence-electron chi connectivity index (χ3n) is 2.41. The average molecular weight is 292 g/mol. The average Bonchev–Trinajstić information content (AvgIpc) is 2.35. The Labute approximate surface area is 110 Å². The zero-order valence-electron chi connectivity index (χ0n) is 9.40. The highest BCUT2D eigenvalue weighted by atomic mass is 79.9. The first-order valence-electron chi connectivity index (χ1n) is 5.50. The number of halogens is 1. The van der Waals surface area contributed by atoms with Crippen molar-refractivity contribution >= 4 is 15.9 Å². The molecule has 2 rings (SSSR count). The molecular weight excluding hydrogens is 278 g/mol. The zero-order valence-corrected chi connectivity index (χ0v) is 11.0. The second-order valence-corrected chi connectivity index (χ2v) is 4.65. The first kappa shape index (κ1) is 12.1. The monoisotopic (exact) mass is 291 g/mol. The second-order valence-electron chi connectivity index (χ2n) is 3.74. The van der Waals surface area contributed by atoms with Crippen LogP contribution >= 0.6 is 15.9 Å². The lowest BCUT2D eigenvalue weighted by Gasteiger charge is -2.06. The number of nitrogens with two attached hydrogens (primary N) is 1. The van der Waals surface area contributed by atoms with E-state index in [1.165, 1.54) is 5.56 Å². The minimum Gasteiger partial charge on any atom is -0.457 e. The van der Waals surface area contributed by atoms with Crippen LogP contribution in [0.3, 0.4) is 0 Å². The van der Waals surface area contributed by atoms with E-state index < -0.39 is 0 Å². The molecule has 0 atom stereocenters. The van der Waals surface area contributed by atoms with Crippen LogP contribution in [-0.2, 0) is 6.42 Å². The van der Waals surface area contributed by atoms with Gasteiger partial charge in [0.25, 0.3) is 0 Å². The molecule has 0 amide bonds. The van der Waals surface area contributed by atoms with Gasteiger partial charge < -0.3 is 10.5 Å². The van der Waals surface area contributed by atoms with E-state index in [9.17, 15) is 0 Å². The Morgan fingerprint density at radius 1 is 0.882 bits per heavy atom. The van der Waals surface area contributed by atoms with Crippen LogP contribution in [0, 0.1) is 0 Å². The van der Waals surface area contributed by atoms with Gasteiger partial charge in [-0.3, -0.25) is 0 Å². The number of rotatable bonds is 4. The van der Waals surface area contributed by atoms with Crippen LogP contribution in [0.1, 0.15) is 5.56 Å². The number of benzene rings is 2. The summed E-state index contributed by atoms with van der Waals surface area (Å²) in [7, 11) is 0. The van der Waals surface area contributed by atoms with E-state index in [-0.39, 0.29) is 0 Å². The van der Waals surface area contributed by atoms with Gasteiger partial charge >= 0.3 is 0 Å². The van der Waals surface area contributed by atoms with Crippen LogP contribution in [0.2, 0.25) is 0 Å². The summed E-state index contributed by atoms with van der Waals surface area (Å²) in [5.74, 6) is 1.67. The van der Waals surface area contributed by atoms with Crippen LogP contribution in [0.25, 0.3) is 0 Å². The van der Waals surface area contributed by atoms with E-state index in [4.69, 9.17) is 10.5 Å². The summed E-state index contributed by atoms with van der Waals surface area (Å²) < 4.78 is 6.76. The molecule has 2 N–H and O–H groups in total. The summed E-state index contributed by atoms with van der Waals surface area (Å²) in [5.41, 5.74) is 6.73. The van der Waals surface area contributed by atoms with Crippen LogP contribution in [0.5, 0.6) is 11.5 Å². The second kappa shape index (κ2) is 5.84. The van der Waals surface area contributed by atoms with Gasteiger partial charge in [-0.2, -0.15) is 0 Å². The minimum atomic E-state index is 0.674. The van der Waals surface area contributed by atoms with E-state index in [0.717, 1.165) is 22.4 Å². The van der Waals surface area contributed by atoms with Gasteiger partial charge in [-0.1, -0.05) is 28.1 Å². The van der Waals surface area contributed by atoms with Crippen molar-refractivity contribution in [3.63, 3.8) is 0 Å². The van der Waals surface area contributed by atoms with Gasteiger partial charge in [0.2, 0.25) is 0 Å². The normalized spacial score (nSPS) is 10.2. The number of hydrogen-bond acceptors (Lipinski definition) is 2. The topological polar surface area (TPSA) is 35.2 Å². The third-order valence-corrected chi connectivity index (χ3v) is 2.93. The molecule has 0 aromatic heterocycles. The molecule has 0 aliphatic heterocycles. The summed E-state index contributed by atoms with van der Waals surface area (Å²) in [6.45, 7) is 0.674. The summed E-state index contributed by atoms with van der Waals surface area (Å²) in [4.78, 5) is 0. The van der Waals surface area contributed by atoms with Crippen LogP contribution < -0.4 is 10.5 Å². The molecule has 2 nitrogen and oxygen atoms in total. The van der Waals surface area contributed by atoms with Gasteiger partial charge in [0.1, 0.15) is 11.5 Å². The summed E-state index contributed by atoms with van der Waals surface area (Å²) in [6.07, 6.45) is 0.901. The Morgan fingerprint density at radius 2 is 1.41 bits per heavy atom. The van der Waals surface area contributed by atoms with Crippen molar-refractivity contribution < 1.29 is 4.74 Å². The van der Waals surface area contributed by atoms with Crippen molar-refractivity contribution in [1.82, 2.24) is 0 Å². The Bertz CT molecular complexity index is 465. The molecule has 0 fully saturated rings. The van der Waals surface area contributed by atoms with Crippen molar-refractivity contribution in [1.29, 1.82) is 0 Å². The Morgan fingerprint density at radius 3 is 1.94 bits per heavy atom. The van der Waals surface area contributed by atoms with Gasteiger partial charge in [0.05, 0.1) is 0 Å². The Kier molecular flexibility index (Phi) is 4.18. The molecule has 0 unspecified atom stereocenters. The fraction of sp³-hybridized carbons (Fsp3) is 0.143. The van der Waals surface area contributed by atoms with Gasteiger partial charge in [-0.05, 0) is 54.9 Å². The largest absolute Gasteiger partial charge is 0.457 e. The van der Waals surface area contributed by atoms with Crippen molar-refractivity contribution in [2.75, 3.05) is 6.54 Å². The molecule has 0 heterocycles. The minimum absolute atomic E-state index is 0.674. The maximum atomic E-state index is 5.71. The van der Waals surface area contributed by atoms with Crippen LogP contribution in [0.15, 0.2) is 53.0 Å². The van der Waals surface area contributed by atoms with E-state index in [0.29, 0.717) is 6.54 Å². The van der Waals surface area contributed by atoms with Gasteiger partial charge in [0, 0.05) is 4.47 Å². The van der Waals surface area contributed by atoms with Crippen molar-refractivity contribution in [3.05, 3.63) is 58.6 Å². The maximum Gasteiger partial charge on any atom is 0.127 e. The Balaban J connectivity index is 2.05. The molecule has 0 saturated heterocycles. The molecule has 88 valence electrons. The lowest BCUT2D eigenvalue weighted by molar-refractivity contribution is 0.482. The molecule has 2 aromatic carbocycles. The summed E-state index contributed by atoms with van der Waals surface area (Å²) in [5, 5.41) is 0. The molecular formula is C14H14BrNO. The van der Waals surface area contributed by atoms with E-state index >= 15 is 0 Å². The molecule has 2 aromatic rings. The number of ether oxygens (including phenoxy) is 1. The Hall–Kier alpha value is -1.32. The van der Waals surface area contributed by atoms with Crippen molar-refractivity contribution in [2.45, 2.75) is 6.42 Å². The highest BCUT2D eigenvalue weighted by Gasteiger charge is 1.97. The molecule has 0 aliphatic carbocycles. The first-order valence-corrected chi connectivity index (χ1v) is 6.29. The lowest BCUT2D eigenvalue weighted by atomic mass is 10.1. The van der Waals surface area contributed by atoms with Crippen molar-refractivity contribution in [3.8, 4) is 11.5 Å². The van der Waals surface area contributed by atoms with E-state index in [1.54, 1.807) is 0 Å². The summed E-state index contributed by atoms with van der Waals surface area (Å²) >= 11 is 3.39. The van der Waals surface area contributed by atoms with Gasteiger partial charge in [0.15, 0.2) is 0 Å². The molecule has 17 heavy (non-hydrogen) atoms. The summed E-state index contributed by atoms with van der Waals surface area (Å²) in [6, 6.07) is 15.8. The van der Waals surface area contributed by atoms with E-state index in [2.05, 4.69) is 15.9 Å². The van der Waals surface area contributed by atoms with Crippen LogP contribution in [0.4, 0.5) is 0 Å². The van der Waals surface area contributed by atoms with Crippen LogP contribution in [-0.4, -0.2) is 6.54 Å². The maximum absolute atomic E-state index is 5.71. The van der Waals surface area contributed by atoms with Crippen molar-refractivity contribution in [2.24, 2.45) is 5.73 Å². The molecule has 0 bridgehead atoms. The quantitative estimate of drug-likeness (QED) is 0.931. The molecule has 0 saturated carbocycles. The predicted molar refractivity (Wildman–Crippen MR) is 73.4 cm³/mol. The molecule has 3 heteroatoms. The highest BCUT2D eigenvalue weighted by Crippen LogP contribution is 2.23. The fourth-order valence-corrected chi connectivity index (χ4v) is 1.79. The van der Waals surface area contributed by atoms with Gasteiger partial charge in [-0.25, -0.2) is 0 Å². The molecule has 0 radical (unpaired) electrons. The lowest BCUT2D eigenvalue weighted by Crippen LogP contribution is -2.02. The smallest absolute Gasteiger partial charge is 0.127 e. The number of hydrogen-bond donors (Lipinski definition) is 1. The first-order chi connectivity index (χ1) is 8.28. The van der Waals surface area contributed by atoms with E-state index in [1.807, 2.05) is 48.5 Å². The molecule has 0 spiro atoms. The highest BCUT2D eigenvalue weighted by molar-refractivity contribution is 9.10. The standard InChI is InChI=1S/C14H14BrNO/c15-12-3-7-14(8-4-12)17-13-5-1-11(2-6-13)9-10-16/h1-8H,9-10,16H2. The zero-order chi connectivity index (χ0) is 12.1. The third kappa shape index (κ3) is 3.58.